The number of halogens is 1. The van der Waals surface area contributed by atoms with Gasteiger partial charge < -0.3 is 16.2 Å². The number of aliphatic hydroxyl groups excluding tert-OH is 1. The highest BCUT2D eigenvalue weighted by atomic mass is 35.5. The lowest BCUT2D eigenvalue weighted by Gasteiger charge is -2.29. The topological polar surface area (TPSA) is 153 Å². The van der Waals surface area contributed by atoms with Crippen molar-refractivity contribution in [3.05, 3.63) is 59.0 Å². The molecule has 12 heteroatoms. The molecule has 0 saturated heterocycles. The number of nitrogens with zero attached hydrogens (tertiary/aromatic N) is 5. The minimum absolute atomic E-state index is 0.00787. The second-order valence-electron chi connectivity index (χ2n) is 6.88. The zero-order chi connectivity index (χ0) is 23.2. The summed E-state index contributed by atoms with van der Waals surface area (Å²) >= 11 is 6.03. The van der Waals surface area contributed by atoms with Gasteiger partial charge in [0.25, 0.3) is 5.91 Å². The lowest BCUT2D eigenvalue weighted by molar-refractivity contribution is 0.0935. The van der Waals surface area contributed by atoms with E-state index in [2.05, 4.69) is 48.1 Å². The normalized spacial score (nSPS) is 17.4. The lowest BCUT2D eigenvalue weighted by atomic mass is 10.3. The van der Waals surface area contributed by atoms with Gasteiger partial charge >= 0.3 is 0 Å². The van der Waals surface area contributed by atoms with E-state index >= 15 is 0 Å². The van der Waals surface area contributed by atoms with Crippen LogP contribution in [0, 0.1) is 11.8 Å². The summed E-state index contributed by atoms with van der Waals surface area (Å²) in [6.45, 7) is 0.116. The lowest BCUT2D eigenvalue weighted by Crippen LogP contribution is -2.56. The van der Waals surface area contributed by atoms with Crippen molar-refractivity contribution in [2.45, 2.75) is 12.6 Å². The Morgan fingerprint density at radius 2 is 2.27 bits per heavy atom. The Balaban J connectivity index is 1.41. The molecule has 0 saturated carbocycles. The van der Waals surface area contributed by atoms with Crippen molar-refractivity contribution in [3.8, 4) is 11.8 Å². The van der Waals surface area contributed by atoms with Crippen LogP contribution in [0.4, 0.5) is 11.5 Å². The smallest absolute Gasteiger partial charge is 0.273 e. The summed E-state index contributed by atoms with van der Waals surface area (Å²) in [6.07, 6.45) is 4.87. The van der Waals surface area contributed by atoms with Gasteiger partial charge in [-0.05, 0) is 36.3 Å². The number of hydrazone groups is 1. The molecule has 0 aliphatic carbocycles. The maximum atomic E-state index is 12.7. The van der Waals surface area contributed by atoms with Crippen LogP contribution in [0.1, 0.15) is 22.6 Å². The molecule has 2 aliphatic rings. The first-order chi connectivity index (χ1) is 16.0. The first-order valence-electron chi connectivity index (χ1n) is 9.95. The number of hydrogen-bond donors (Lipinski definition) is 5. The number of amidine groups is 2. The molecular formula is C21H20ClN9O2. The van der Waals surface area contributed by atoms with Gasteiger partial charge in [0.15, 0.2) is 23.5 Å². The van der Waals surface area contributed by atoms with E-state index in [1.165, 1.54) is 6.20 Å². The van der Waals surface area contributed by atoms with Crippen LogP contribution >= 0.6 is 11.6 Å². The molecule has 0 bridgehead atoms. The SMILES string of the molecule is Nc1ncc(C#CCCO)nc1C(=O)NCC1NN=C2C=CC(=Nc3cccc(Cl)c3)NN21. The van der Waals surface area contributed by atoms with Crippen LogP contribution < -0.4 is 21.9 Å². The number of rotatable bonds is 5. The first kappa shape index (κ1) is 22.1. The maximum absolute atomic E-state index is 12.7. The molecule has 0 radical (unpaired) electrons. The number of nitrogen functional groups attached to an aromatic ring is 1. The standard InChI is InChI=1S/C21H20ClN9O2/c22-13-4-3-6-14(10-13)26-16-7-8-17-28-29-18(31(17)30-16)12-25-21(33)19-20(23)24-11-15(27-19)5-1-2-9-32/h3-4,6-8,10-11,18,29,32H,2,9,12H2,(H2,23,24)(H,25,33)(H,26,30). The van der Waals surface area contributed by atoms with E-state index in [-0.39, 0.29) is 36.5 Å². The minimum atomic E-state index is -0.499. The Morgan fingerprint density at radius 1 is 1.39 bits per heavy atom. The summed E-state index contributed by atoms with van der Waals surface area (Å²) in [5.74, 6) is 6.18. The molecule has 1 unspecified atom stereocenters. The molecule has 6 N–H and O–H groups in total. The predicted octanol–water partition coefficient (Wildman–Crippen LogP) is 0.525. The van der Waals surface area contributed by atoms with E-state index in [4.69, 9.17) is 22.4 Å². The number of anilines is 1. The van der Waals surface area contributed by atoms with Crippen molar-refractivity contribution in [1.82, 2.24) is 31.1 Å². The molecule has 2 aromatic rings. The third kappa shape index (κ3) is 5.38. The number of nitrogens with two attached hydrogens (primary N) is 1. The average Bonchev–Trinajstić information content (AvgIpc) is 3.21. The van der Waals surface area contributed by atoms with E-state index in [0.29, 0.717) is 28.8 Å². The first-order valence-corrected chi connectivity index (χ1v) is 10.3. The Bertz CT molecular complexity index is 1220. The third-order valence-corrected chi connectivity index (χ3v) is 4.73. The number of carbonyl (C=O) groups is 1. The van der Waals surface area contributed by atoms with Gasteiger partial charge in [0.1, 0.15) is 11.5 Å². The monoisotopic (exact) mass is 465 g/mol. The summed E-state index contributed by atoms with van der Waals surface area (Å²) in [7, 11) is 0. The van der Waals surface area contributed by atoms with Crippen LogP contribution in [0.2, 0.25) is 5.02 Å². The molecule has 168 valence electrons. The Hall–Kier alpha value is -4.14. The van der Waals surface area contributed by atoms with E-state index in [0.717, 1.165) is 0 Å². The van der Waals surface area contributed by atoms with Gasteiger partial charge in [-0.1, -0.05) is 23.6 Å². The van der Waals surface area contributed by atoms with Gasteiger partial charge in [0.2, 0.25) is 0 Å². The van der Waals surface area contributed by atoms with Crippen LogP contribution in [0.3, 0.4) is 0 Å². The summed E-state index contributed by atoms with van der Waals surface area (Å²) in [5, 5.41) is 18.2. The Kier molecular flexibility index (Phi) is 6.68. The molecule has 33 heavy (non-hydrogen) atoms. The minimum Gasteiger partial charge on any atom is -0.395 e. The number of aliphatic imine (C=N–C) groups is 1. The number of hydrogen-bond acceptors (Lipinski definition) is 9. The molecule has 0 fully saturated rings. The number of carbonyl (C=O) groups excluding carboxylic acids is 1. The van der Waals surface area contributed by atoms with Crippen molar-refractivity contribution >= 4 is 40.7 Å². The summed E-state index contributed by atoms with van der Waals surface area (Å²) < 4.78 is 0. The molecule has 1 amide bonds. The second kappa shape index (κ2) is 9.99. The predicted molar refractivity (Wildman–Crippen MR) is 124 cm³/mol. The number of benzene rings is 1. The quantitative estimate of drug-likeness (QED) is 0.401. The number of fused-ring (bicyclic) bond motifs is 1. The molecule has 4 rings (SSSR count). The highest BCUT2D eigenvalue weighted by molar-refractivity contribution is 6.30. The molecule has 1 atom stereocenters. The van der Waals surface area contributed by atoms with Crippen molar-refractivity contribution in [2.24, 2.45) is 10.1 Å². The fraction of sp³-hybridized carbons (Fsp3) is 0.190. The number of nitrogens with one attached hydrogen (secondary N) is 3. The fourth-order valence-electron chi connectivity index (χ4n) is 2.97. The van der Waals surface area contributed by atoms with Crippen molar-refractivity contribution in [3.63, 3.8) is 0 Å². The molecule has 11 nitrogen and oxygen atoms in total. The van der Waals surface area contributed by atoms with E-state index in [9.17, 15) is 4.79 Å². The summed E-state index contributed by atoms with van der Waals surface area (Å²) in [5.41, 5.74) is 12.9. The molecule has 0 spiro atoms. The van der Waals surface area contributed by atoms with Crippen LogP contribution in [0.25, 0.3) is 0 Å². The highest BCUT2D eigenvalue weighted by Crippen LogP contribution is 2.19. The fourth-order valence-corrected chi connectivity index (χ4v) is 3.16. The van der Waals surface area contributed by atoms with Gasteiger partial charge in [-0.2, -0.15) is 5.10 Å². The van der Waals surface area contributed by atoms with Gasteiger partial charge in [-0.3, -0.25) is 15.6 Å². The van der Waals surface area contributed by atoms with Gasteiger partial charge in [-0.25, -0.2) is 20.0 Å². The molecule has 2 aliphatic heterocycles. The zero-order valence-corrected chi connectivity index (χ0v) is 18.0. The summed E-state index contributed by atoms with van der Waals surface area (Å²) in [4.78, 5) is 25.3. The van der Waals surface area contributed by atoms with Crippen LogP contribution in [-0.2, 0) is 0 Å². The number of aliphatic hydroxyl groups is 1. The van der Waals surface area contributed by atoms with Crippen LogP contribution in [0.5, 0.6) is 0 Å². The highest BCUT2D eigenvalue weighted by Gasteiger charge is 2.30. The number of hydrazine groups is 1. The Labute approximate surface area is 194 Å². The molecule has 1 aromatic carbocycles. The third-order valence-electron chi connectivity index (χ3n) is 4.49. The second-order valence-corrected chi connectivity index (χ2v) is 7.32. The molecule has 1 aromatic heterocycles. The largest absolute Gasteiger partial charge is 0.395 e. The number of amides is 1. The molecular weight excluding hydrogens is 446 g/mol. The van der Waals surface area contributed by atoms with Crippen molar-refractivity contribution < 1.29 is 9.90 Å². The van der Waals surface area contributed by atoms with Crippen molar-refractivity contribution in [2.75, 3.05) is 18.9 Å². The Morgan fingerprint density at radius 3 is 3.09 bits per heavy atom. The average molecular weight is 466 g/mol. The van der Waals surface area contributed by atoms with E-state index in [1.807, 2.05) is 12.1 Å². The van der Waals surface area contributed by atoms with Crippen molar-refractivity contribution in [1.29, 1.82) is 0 Å². The van der Waals surface area contributed by atoms with E-state index < -0.39 is 5.91 Å². The van der Waals surface area contributed by atoms with Gasteiger partial charge in [-0.15, -0.1) is 0 Å². The van der Waals surface area contributed by atoms with Gasteiger partial charge in [0.05, 0.1) is 25.0 Å². The van der Waals surface area contributed by atoms with E-state index in [1.54, 1.807) is 29.3 Å². The summed E-state index contributed by atoms with van der Waals surface area (Å²) in [6, 6.07) is 7.18. The van der Waals surface area contributed by atoms with Gasteiger partial charge in [0, 0.05) is 11.4 Å². The molecule has 3 heterocycles. The maximum Gasteiger partial charge on any atom is 0.273 e. The van der Waals surface area contributed by atoms with Crippen LogP contribution in [0.15, 0.2) is 52.7 Å². The van der Waals surface area contributed by atoms with Crippen LogP contribution in [-0.4, -0.2) is 57.0 Å². The zero-order valence-electron chi connectivity index (χ0n) is 17.3. The number of aromatic nitrogens is 2.